The lowest BCUT2D eigenvalue weighted by molar-refractivity contribution is 0.0940. The molecule has 1 amide bonds. The molecule has 1 aliphatic rings. The van der Waals surface area contributed by atoms with E-state index in [1.165, 1.54) is 18.5 Å². The van der Waals surface area contributed by atoms with Crippen LogP contribution < -0.4 is 10.2 Å². The number of anilines is 1. The first-order valence-corrected chi connectivity index (χ1v) is 9.28. The maximum Gasteiger partial charge on any atom is 0.269 e. The lowest BCUT2D eigenvalue weighted by Gasteiger charge is -2.18. The zero-order valence-electron chi connectivity index (χ0n) is 15.5. The third kappa shape index (κ3) is 4.03. The van der Waals surface area contributed by atoms with E-state index in [4.69, 9.17) is 0 Å². The third-order valence-corrected chi connectivity index (χ3v) is 4.76. The summed E-state index contributed by atoms with van der Waals surface area (Å²) in [6.45, 7) is 9.68. The van der Waals surface area contributed by atoms with E-state index < -0.39 is 0 Å². The van der Waals surface area contributed by atoms with Gasteiger partial charge in [-0.25, -0.2) is 0 Å². The van der Waals surface area contributed by atoms with E-state index in [0.717, 1.165) is 24.3 Å². The molecule has 0 bridgehead atoms. The number of rotatable bonds is 6. The van der Waals surface area contributed by atoms with Crippen molar-refractivity contribution in [1.29, 1.82) is 0 Å². The number of nitrogens with one attached hydrogen (secondary N) is 1. The lowest BCUT2D eigenvalue weighted by Crippen LogP contribution is -2.26. The van der Waals surface area contributed by atoms with Gasteiger partial charge in [-0.05, 0) is 49.4 Å². The highest BCUT2D eigenvalue weighted by atomic mass is 16.2. The Kier molecular flexibility index (Phi) is 5.41. The van der Waals surface area contributed by atoms with Gasteiger partial charge in [0, 0.05) is 31.9 Å². The maximum atomic E-state index is 12.6. The van der Waals surface area contributed by atoms with Crippen molar-refractivity contribution >= 4 is 11.6 Å². The van der Waals surface area contributed by atoms with Crippen molar-refractivity contribution in [2.24, 2.45) is 0 Å². The zero-order valence-corrected chi connectivity index (χ0v) is 15.5. The minimum absolute atomic E-state index is 0.0622. The molecule has 3 rings (SSSR count). The van der Waals surface area contributed by atoms with Gasteiger partial charge < -0.3 is 10.2 Å². The summed E-state index contributed by atoms with van der Waals surface area (Å²) in [5, 5.41) is 7.56. The summed E-state index contributed by atoms with van der Waals surface area (Å²) in [7, 11) is 0. The number of amides is 1. The number of nitrogens with zero attached hydrogens (tertiary/aromatic N) is 3. The van der Waals surface area contributed by atoms with Gasteiger partial charge in [0.05, 0.1) is 5.69 Å². The molecule has 134 valence electrons. The first-order chi connectivity index (χ1) is 12.1. The third-order valence-electron chi connectivity index (χ3n) is 4.76. The molecule has 1 saturated heterocycles. The number of aromatic nitrogens is 2. The van der Waals surface area contributed by atoms with Crippen molar-refractivity contribution in [1.82, 2.24) is 15.1 Å². The predicted molar refractivity (Wildman–Crippen MR) is 101 cm³/mol. The normalized spacial score (nSPS) is 14.3. The van der Waals surface area contributed by atoms with Crippen LogP contribution in [-0.4, -0.2) is 28.8 Å². The zero-order chi connectivity index (χ0) is 17.8. The fraction of sp³-hybridized carbons (Fsp3) is 0.500. The molecule has 1 aromatic carbocycles. The van der Waals surface area contributed by atoms with Crippen molar-refractivity contribution in [3.63, 3.8) is 0 Å². The average molecular weight is 340 g/mol. The second-order valence-electron chi connectivity index (χ2n) is 6.97. The molecule has 0 saturated carbocycles. The quantitative estimate of drug-likeness (QED) is 0.875. The van der Waals surface area contributed by atoms with Gasteiger partial charge >= 0.3 is 0 Å². The lowest BCUT2D eigenvalue weighted by atomic mass is 10.1. The Hall–Kier alpha value is -2.30. The SMILES string of the molecule is CCn1nc(C(C)C)cc1C(=O)NCc1cccc(N2CCCC2)c1. The Morgan fingerprint density at radius 3 is 2.68 bits per heavy atom. The minimum Gasteiger partial charge on any atom is -0.372 e. The van der Waals surface area contributed by atoms with Gasteiger partial charge in [-0.1, -0.05) is 26.0 Å². The van der Waals surface area contributed by atoms with Gasteiger partial charge in [0.25, 0.3) is 5.91 Å². The number of benzene rings is 1. The topological polar surface area (TPSA) is 50.2 Å². The molecule has 1 aliphatic heterocycles. The predicted octanol–water partition coefficient (Wildman–Crippen LogP) is 3.56. The van der Waals surface area contributed by atoms with Crippen molar-refractivity contribution in [2.75, 3.05) is 18.0 Å². The van der Waals surface area contributed by atoms with Crippen LogP contribution in [-0.2, 0) is 13.1 Å². The van der Waals surface area contributed by atoms with Gasteiger partial charge in [0.1, 0.15) is 5.69 Å². The highest BCUT2D eigenvalue weighted by Gasteiger charge is 2.16. The van der Waals surface area contributed by atoms with Crippen LogP contribution in [0.4, 0.5) is 5.69 Å². The van der Waals surface area contributed by atoms with E-state index in [1.54, 1.807) is 4.68 Å². The number of carbonyl (C=O) groups is 1. The molecule has 25 heavy (non-hydrogen) atoms. The minimum atomic E-state index is -0.0622. The van der Waals surface area contributed by atoms with Crippen LogP contribution in [0.15, 0.2) is 30.3 Å². The van der Waals surface area contributed by atoms with Crippen LogP contribution in [0, 0.1) is 0 Å². The summed E-state index contributed by atoms with van der Waals surface area (Å²) >= 11 is 0. The van der Waals surface area contributed by atoms with Gasteiger partial charge in [-0.2, -0.15) is 5.10 Å². The van der Waals surface area contributed by atoms with Crippen LogP contribution in [0.1, 0.15) is 61.3 Å². The molecule has 0 aliphatic carbocycles. The average Bonchev–Trinajstić information content (AvgIpc) is 3.29. The van der Waals surface area contributed by atoms with E-state index in [-0.39, 0.29) is 5.91 Å². The molecule has 0 unspecified atom stereocenters. The Labute approximate surface area is 150 Å². The highest BCUT2D eigenvalue weighted by Crippen LogP contribution is 2.21. The summed E-state index contributed by atoms with van der Waals surface area (Å²) in [4.78, 5) is 15.0. The summed E-state index contributed by atoms with van der Waals surface area (Å²) < 4.78 is 1.78. The molecule has 0 radical (unpaired) electrons. The van der Waals surface area contributed by atoms with Crippen LogP contribution in [0.5, 0.6) is 0 Å². The molecular weight excluding hydrogens is 312 g/mol. The summed E-state index contributed by atoms with van der Waals surface area (Å²) in [5.41, 5.74) is 3.99. The van der Waals surface area contributed by atoms with Crippen molar-refractivity contribution in [2.45, 2.75) is 52.6 Å². The van der Waals surface area contributed by atoms with Crippen LogP contribution in [0.2, 0.25) is 0 Å². The first kappa shape index (κ1) is 17.5. The van der Waals surface area contributed by atoms with Crippen molar-refractivity contribution in [3.05, 3.63) is 47.3 Å². The summed E-state index contributed by atoms with van der Waals surface area (Å²) in [5.74, 6) is 0.254. The smallest absolute Gasteiger partial charge is 0.269 e. The molecule has 0 atom stereocenters. The molecule has 5 heteroatoms. The molecule has 0 spiro atoms. The molecule has 5 nitrogen and oxygen atoms in total. The Morgan fingerprint density at radius 2 is 2.00 bits per heavy atom. The monoisotopic (exact) mass is 340 g/mol. The van der Waals surface area contributed by atoms with E-state index >= 15 is 0 Å². The van der Waals surface area contributed by atoms with Crippen molar-refractivity contribution < 1.29 is 4.79 Å². The van der Waals surface area contributed by atoms with Crippen molar-refractivity contribution in [3.8, 4) is 0 Å². The second-order valence-corrected chi connectivity index (χ2v) is 6.97. The standard InChI is InChI=1S/C20H28N4O/c1-4-24-19(13-18(22-24)15(2)3)20(25)21-14-16-8-7-9-17(12-16)23-10-5-6-11-23/h7-9,12-13,15H,4-6,10-11,14H2,1-3H3,(H,21,25). The van der Waals surface area contributed by atoms with Gasteiger partial charge in [0.15, 0.2) is 0 Å². The van der Waals surface area contributed by atoms with E-state index in [2.05, 4.69) is 53.4 Å². The van der Waals surface area contributed by atoms with Gasteiger partial charge in [-0.3, -0.25) is 9.48 Å². The van der Waals surface area contributed by atoms with E-state index in [9.17, 15) is 4.79 Å². The van der Waals surface area contributed by atoms with Gasteiger partial charge in [0.2, 0.25) is 0 Å². The summed E-state index contributed by atoms with van der Waals surface area (Å²) in [6.07, 6.45) is 2.53. The first-order valence-electron chi connectivity index (χ1n) is 9.28. The largest absolute Gasteiger partial charge is 0.372 e. The Balaban J connectivity index is 1.67. The number of aryl methyl sites for hydroxylation is 1. The second kappa shape index (κ2) is 7.72. The molecule has 2 heterocycles. The molecule has 1 fully saturated rings. The fourth-order valence-electron chi connectivity index (χ4n) is 3.25. The van der Waals surface area contributed by atoms with Crippen LogP contribution in [0.25, 0.3) is 0 Å². The van der Waals surface area contributed by atoms with E-state index in [0.29, 0.717) is 24.7 Å². The van der Waals surface area contributed by atoms with Gasteiger partial charge in [-0.15, -0.1) is 0 Å². The molecule has 2 aromatic rings. The van der Waals surface area contributed by atoms with Crippen LogP contribution >= 0.6 is 0 Å². The Bertz CT molecular complexity index is 729. The molecular formula is C20H28N4O. The fourth-order valence-corrected chi connectivity index (χ4v) is 3.25. The highest BCUT2D eigenvalue weighted by molar-refractivity contribution is 5.92. The van der Waals surface area contributed by atoms with Crippen LogP contribution in [0.3, 0.4) is 0 Å². The molecule has 1 aromatic heterocycles. The number of carbonyl (C=O) groups excluding carboxylic acids is 1. The number of hydrogen-bond acceptors (Lipinski definition) is 3. The molecule has 1 N–H and O–H groups in total. The Morgan fingerprint density at radius 1 is 1.24 bits per heavy atom. The maximum absolute atomic E-state index is 12.6. The van der Waals surface area contributed by atoms with E-state index in [1.807, 2.05) is 13.0 Å². The number of hydrogen-bond donors (Lipinski definition) is 1. The summed E-state index contributed by atoms with van der Waals surface area (Å²) in [6, 6.07) is 10.4.